The summed E-state index contributed by atoms with van der Waals surface area (Å²) >= 11 is 1.86. The number of hydrogen-bond donors (Lipinski definition) is 0. The van der Waals surface area contributed by atoms with Crippen LogP contribution in [0.15, 0.2) is 24.3 Å². The van der Waals surface area contributed by atoms with Crippen LogP contribution in [-0.2, 0) is 0 Å². The van der Waals surface area contributed by atoms with Crippen molar-refractivity contribution in [3.8, 4) is 0 Å². The van der Waals surface area contributed by atoms with Gasteiger partial charge in [0.1, 0.15) is 0 Å². The second kappa shape index (κ2) is 4.64. The molecule has 13 heavy (non-hydrogen) atoms. The molecule has 0 saturated heterocycles. The van der Waals surface area contributed by atoms with Crippen molar-refractivity contribution >= 4 is 28.4 Å². The maximum Gasteiger partial charge on any atom is 0.264 e. The quantitative estimate of drug-likeness (QED) is 0.475. The van der Waals surface area contributed by atoms with Crippen molar-refractivity contribution in [1.29, 1.82) is 0 Å². The number of hydrogen-bond acceptors (Lipinski definition) is 1. The highest BCUT2D eigenvalue weighted by Crippen LogP contribution is 2.23. The second-order valence-corrected chi connectivity index (χ2v) is 3.21. The summed E-state index contributed by atoms with van der Waals surface area (Å²) in [6, 6.07) is 5.81. The first-order valence-corrected chi connectivity index (χ1v) is 5.15. The predicted molar refractivity (Wildman–Crippen MR) is 54.6 cm³/mol. The third kappa shape index (κ3) is 2.46. The molecule has 0 amide bonds. The first kappa shape index (κ1) is 10.6. The molecule has 0 spiro atoms. The van der Waals surface area contributed by atoms with Crippen LogP contribution >= 0.6 is 22.6 Å². The molecule has 0 N–H and O–H groups in total. The fraction of sp³-hybridized carbons (Fsp3) is 0.222. The molecule has 0 unspecified atom stereocenters. The van der Waals surface area contributed by atoms with E-state index in [1.807, 2.05) is 22.6 Å². The fourth-order valence-electron chi connectivity index (χ4n) is 1.01. The van der Waals surface area contributed by atoms with Crippen molar-refractivity contribution in [3.05, 3.63) is 35.4 Å². The average molecular weight is 296 g/mol. The largest absolute Gasteiger partial charge is 0.293 e. The van der Waals surface area contributed by atoms with Gasteiger partial charge >= 0.3 is 0 Å². The number of rotatable bonds is 3. The summed E-state index contributed by atoms with van der Waals surface area (Å²) in [5, 5.41) is 0. The highest BCUT2D eigenvalue weighted by Gasteiger charge is 2.16. The molecular weight excluding hydrogens is 289 g/mol. The van der Waals surface area contributed by atoms with Gasteiger partial charge in [0, 0.05) is 11.1 Å². The molecule has 0 bridgehead atoms. The van der Waals surface area contributed by atoms with Gasteiger partial charge in [-0.15, -0.1) is 0 Å². The Bertz CT molecular complexity index is 312. The first-order chi connectivity index (χ1) is 6.16. The zero-order chi connectivity index (χ0) is 9.84. The third-order valence-corrected chi connectivity index (χ3v) is 2.31. The van der Waals surface area contributed by atoms with Crippen LogP contribution in [0.4, 0.5) is 8.78 Å². The summed E-state index contributed by atoms with van der Waals surface area (Å²) in [5.41, 5.74) is -0.0453. The van der Waals surface area contributed by atoms with E-state index < -0.39 is 6.43 Å². The number of ketones is 1. The SMILES string of the molecule is O=C(CI)c1ccccc1C(F)F. The molecule has 0 saturated carbocycles. The number of benzene rings is 1. The van der Waals surface area contributed by atoms with Gasteiger partial charge in [0.25, 0.3) is 6.43 Å². The molecule has 0 aliphatic carbocycles. The van der Waals surface area contributed by atoms with Crippen molar-refractivity contribution in [3.63, 3.8) is 0 Å². The summed E-state index contributed by atoms with van der Waals surface area (Å²) in [7, 11) is 0. The van der Waals surface area contributed by atoms with Gasteiger partial charge in [-0.3, -0.25) is 4.79 Å². The summed E-state index contributed by atoms with van der Waals surface area (Å²) in [6.45, 7) is 0. The first-order valence-electron chi connectivity index (χ1n) is 3.63. The molecule has 0 atom stereocenters. The van der Waals surface area contributed by atoms with E-state index in [4.69, 9.17) is 0 Å². The fourth-order valence-corrected chi connectivity index (χ4v) is 1.42. The second-order valence-electron chi connectivity index (χ2n) is 2.44. The zero-order valence-corrected chi connectivity index (χ0v) is 8.79. The summed E-state index contributed by atoms with van der Waals surface area (Å²) in [4.78, 5) is 11.2. The molecule has 0 aliphatic rings. The lowest BCUT2D eigenvalue weighted by molar-refractivity contribution is 0.101. The number of halogens is 3. The van der Waals surface area contributed by atoms with Crippen LogP contribution in [-0.4, -0.2) is 10.2 Å². The molecule has 0 heterocycles. The molecule has 1 nitrogen and oxygen atoms in total. The van der Waals surface area contributed by atoms with Crippen LogP contribution < -0.4 is 0 Å². The van der Waals surface area contributed by atoms with Crippen molar-refractivity contribution in [2.45, 2.75) is 6.43 Å². The van der Waals surface area contributed by atoms with Crippen molar-refractivity contribution in [2.24, 2.45) is 0 Å². The number of carbonyl (C=O) groups excluding carboxylic acids is 1. The highest BCUT2D eigenvalue weighted by atomic mass is 127. The van der Waals surface area contributed by atoms with Crippen LogP contribution in [0, 0.1) is 0 Å². The highest BCUT2D eigenvalue weighted by molar-refractivity contribution is 14.1. The lowest BCUT2D eigenvalue weighted by Crippen LogP contribution is -2.04. The van der Waals surface area contributed by atoms with Gasteiger partial charge in [0.15, 0.2) is 5.78 Å². The molecule has 1 rings (SSSR count). The van der Waals surface area contributed by atoms with Crippen molar-refractivity contribution < 1.29 is 13.6 Å². The van der Waals surface area contributed by atoms with E-state index in [1.54, 1.807) is 6.07 Å². The van der Waals surface area contributed by atoms with E-state index in [9.17, 15) is 13.6 Å². The Balaban J connectivity index is 3.12. The van der Waals surface area contributed by atoms with Crippen molar-refractivity contribution in [1.82, 2.24) is 0 Å². The monoisotopic (exact) mass is 296 g/mol. The van der Waals surface area contributed by atoms with E-state index in [0.29, 0.717) is 0 Å². The minimum Gasteiger partial charge on any atom is -0.293 e. The van der Waals surface area contributed by atoms with E-state index in [1.165, 1.54) is 18.2 Å². The van der Waals surface area contributed by atoms with Gasteiger partial charge < -0.3 is 0 Å². The molecule has 1 aromatic rings. The lowest BCUT2D eigenvalue weighted by atomic mass is 10.1. The van der Waals surface area contributed by atoms with Gasteiger partial charge in [-0.1, -0.05) is 46.9 Å². The Kier molecular flexibility index (Phi) is 3.77. The molecule has 4 heteroatoms. The van der Waals surface area contributed by atoms with Gasteiger partial charge in [-0.05, 0) is 0 Å². The molecule has 70 valence electrons. The number of Topliss-reactive ketones (excluding diaryl/α,β-unsaturated/α-hetero) is 1. The molecule has 0 aromatic heterocycles. The van der Waals surface area contributed by atoms with E-state index in [-0.39, 0.29) is 21.3 Å². The number of alkyl halides is 3. The Hall–Kier alpha value is -0.520. The maximum atomic E-state index is 12.4. The Morgan fingerprint density at radius 1 is 1.38 bits per heavy atom. The van der Waals surface area contributed by atoms with Crippen LogP contribution in [0.5, 0.6) is 0 Å². The topological polar surface area (TPSA) is 17.1 Å². The molecule has 0 radical (unpaired) electrons. The molecular formula is C9H7F2IO. The van der Waals surface area contributed by atoms with Crippen LogP contribution in [0.25, 0.3) is 0 Å². The minimum atomic E-state index is -2.58. The van der Waals surface area contributed by atoms with Gasteiger partial charge in [-0.2, -0.15) is 0 Å². The Morgan fingerprint density at radius 2 is 2.00 bits per heavy atom. The minimum absolute atomic E-state index is 0.131. The van der Waals surface area contributed by atoms with Gasteiger partial charge in [0.2, 0.25) is 0 Å². The Morgan fingerprint density at radius 3 is 2.54 bits per heavy atom. The normalized spacial score (nSPS) is 10.5. The smallest absolute Gasteiger partial charge is 0.264 e. The molecule has 0 aliphatic heterocycles. The van der Waals surface area contributed by atoms with E-state index in [2.05, 4.69) is 0 Å². The standard InChI is InChI=1S/C9H7F2IO/c10-9(11)7-4-2-1-3-6(7)8(13)5-12/h1-4,9H,5H2. The zero-order valence-electron chi connectivity index (χ0n) is 6.64. The average Bonchev–Trinajstić information content (AvgIpc) is 2.16. The van der Waals surface area contributed by atoms with Gasteiger partial charge in [-0.25, -0.2) is 8.78 Å². The maximum absolute atomic E-state index is 12.4. The van der Waals surface area contributed by atoms with Crippen LogP contribution in [0.1, 0.15) is 22.3 Å². The van der Waals surface area contributed by atoms with E-state index >= 15 is 0 Å². The Labute approximate surface area is 88.3 Å². The summed E-state index contributed by atoms with van der Waals surface area (Å²) in [5.74, 6) is -0.253. The molecule has 0 fully saturated rings. The third-order valence-electron chi connectivity index (χ3n) is 1.62. The van der Waals surface area contributed by atoms with Crippen LogP contribution in [0.2, 0.25) is 0 Å². The van der Waals surface area contributed by atoms with Gasteiger partial charge in [0.05, 0.1) is 4.43 Å². The van der Waals surface area contributed by atoms with E-state index in [0.717, 1.165) is 0 Å². The predicted octanol–water partition coefficient (Wildman–Crippen LogP) is 3.24. The van der Waals surface area contributed by atoms with Crippen LogP contribution in [0.3, 0.4) is 0 Å². The van der Waals surface area contributed by atoms with Crippen molar-refractivity contribution in [2.75, 3.05) is 4.43 Å². The number of carbonyl (C=O) groups is 1. The lowest BCUT2D eigenvalue weighted by Gasteiger charge is -2.05. The summed E-state index contributed by atoms with van der Waals surface area (Å²) < 4.78 is 25.0. The molecule has 1 aromatic carbocycles. The summed E-state index contributed by atoms with van der Waals surface area (Å²) in [6.07, 6.45) is -2.58.